The van der Waals surface area contributed by atoms with Crippen LogP contribution in [-0.4, -0.2) is 39.6 Å². The van der Waals surface area contributed by atoms with E-state index < -0.39 is 5.82 Å². The van der Waals surface area contributed by atoms with Gasteiger partial charge in [0.25, 0.3) is 0 Å². The summed E-state index contributed by atoms with van der Waals surface area (Å²) in [7, 11) is 0. The lowest BCUT2D eigenvalue weighted by Gasteiger charge is -2.12. The molecule has 0 saturated carbocycles. The van der Waals surface area contributed by atoms with Crippen molar-refractivity contribution in [3.05, 3.63) is 198 Å². The highest BCUT2D eigenvalue weighted by Crippen LogP contribution is 2.23. The summed E-state index contributed by atoms with van der Waals surface area (Å²) < 4.78 is 46.4. The Morgan fingerprint density at radius 2 is 0.579 bits per heavy atom. The zero-order chi connectivity index (χ0) is 55.1. The van der Waals surface area contributed by atoms with Crippen LogP contribution in [0, 0.1) is 19.7 Å². The van der Waals surface area contributed by atoms with Crippen LogP contribution in [0.4, 0.5) is 55.6 Å². The number of nitrogens with two attached hydrogens (primary N) is 9. The van der Waals surface area contributed by atoms with E-state index >= 15 is 0 Å². The fourth-order valence-corrected chi connectivity index (χ4v) is 6.49. The standard InChI is InChI=1S/C16H20N2O2.C14H15FN2O2.C14H16N2O2.C10H15N.C6H8N2/c1-11-9-13(17)3-5-15(11)19-7-8-20-16-6-4-14(18)10-12(16)2;15-13-9-11(17)3-6-14(13)19-8-7-18-12-4-1-10(16)2-5-12;15-11-1-5-13(6-2-11)17-9-10-18-14-7-3-12(16)4-8-14;1-2-3-4-9-5-7-10(11)8-6-9;7-5-1-2-6(8)4-3-5/h3-6,9-10H,7-8,17-18H2,1-2H3;1-6,9H,7-8,16-17H2;1-8H,9-10,15-16H2;5-8H,2-4,11H2,1H3;1-4H,7-8H2. The van der Waals surface area contributed by atoms with Crippen molar-refractivity contribution in [3.8, 4) is 34.5 Å². The molecule has 0 aliphatic heterocycles. The molecule has 18 N–H and O–H groups in total. The topological polar surface area (TPSA) is 290 Å². The van der Waals surface area contributed by atoms with Gasteiger partial charge < -0.3 is 80.0 Å². The van der Waals surface area contributed by atoms with Crippen LogP contribution in [0.5, 0.6) is 34.5 Å². The predicted molar refractivity (Wildman–Crippen MR) is 312 cm³/mol. The zero-order valence-electron chi connectivity index (χ0n) is 43.6. The lowest BCUT2D eigenvalue weighted by molar-refractivity contribution is 0.211. The lowest BCUT2D eigenvalue weighted by Crippen LogP contribution is -2.10. The van der Waals surface area contributed by atoms with Gasteiger partial charge in [-0.1, -0.05) is 25.5 Å². The van der Waals surface area contributed by atoms with Gasteiger partial charge in [0.15, 0.2) is 11.6 Å². The first kappa shape index (κ1) is 59.3. The molecule has 15 nitrogen and oxygen atoms in total. The zero-order valence-corrected chi connectivity index (χ0v) is 43.6. The largest absolute Gasteiger partial charge is 0.490 e. The fourth-order valence-electron chi connectivity index (χ4n) is 6.49. The summed E-state index contributed by atoms with van der Waals surface area (Å²) in [5.41, 5.74) is 59.6. The smallest absolute Gasteiger partial charge is 0.167 e. The number of ether oxygens (including phenoxy) is 6. The molecule has 0 bridgehead atoms. The Kier molecular flexibility index (Phi) is 25.5. The number of unbranched alkanes of at least 4 members (excludes halogenated alkanes) is 1. The van der Waals surface area contributed by atoms with Crippen molar-refractivity contribution in [2.45, 2.75) is 40.0 Å². The Morgan fingerprint density at radius 3 is 0.895 bits per heavy atom. The van der Waals surface area contributed by atoms with E-state index in [0.29, 0.717) is 50.2 Å². The quantitative estimate of drug-likeness (QED) is 0.0285. The van der Waals surface area contributed by atoms with Gasteiger partial charge >= 0.3 is 0 Å². The third kappa shape index (κ3) is 23.9. The van der Waals surface area contributed by atoms with E-state index in [0.717, 1.165) is 73.9 Å². The molecule has 0 spiro atoms. The van der Waals surface area contributed by atoms with E-state index in [2.05, 4.69) is 19.1 Å². The van der Waals surface area contributed by atoms with Crippen molar-refractivity contribution in [2.24, 2.45) is 0 Å². The van der Waals surface area contributed by atoms with Crippen LogP contribution in [-0.2, 0) is 6.42 Å². The van der Waals surface area contributed by atoms with Crippen molar-refractivity contribution in [1.82, 2.24) is 0 Å². The molecule has 0 saturated heterocycles. The van der Waals surface area contributed by atoms with Gasteiger partial charge in [0.05, 0.1) is 0 Å². The van der Waals surface area contributed by atoms with Gasteiger partial charge in [-0.3, -0.25) is 0 Å². The second-order valence-electron chi connectivity index (χ2n) is 17.0. The summed E-state index contributed by atoms with van der Waals surface area (Å²) in [5, 5.41) is 0. The monoisotopic (exact) mass is 1040 g/mol. The molecule has 8 aromatic carbocycles. The number of anilines is 9. The number of hydrogen-bond donors (Lipinski definition) is 9. The molecule has 0 aromatic heterocycles. The van der Waals surface area contributed by atoms with Gasteiger partial charge in [-0.05, 0) is 201 Å². The number of hydrogen-bond acceptors (Lipinski definition) is 15. The SMILES string of the molecule is CCCCc1ccc(N)cc1.Cc1cc(N)ccc1OCCOc1ccc(N)cc1C.Nc1ccc(N)cc1.Nc1ccc(OCCOc2ccc(N)cc2)cc1.Nc1ccc(OCCOc2ccc(N)cc2F)cc1. The van der Waals surface area contributed by atoms with Gasteiger partial charge in [-0.25, -0.2) is 4.39 Å². The minimum Gasteiger partial charge on any atom is -0.490 e. The molecular formula is C60H74FN9O6. The van der Waals surface area contributed by atoms with E-state index in [1.807, 2.05) is 86.6 Å². The number of nitrogen functional groups attached to an aromatic ring is 9. The van der Waals surface area contributed by atoms with Crippen LogP contribution in [0.15, 0.2) is 176 Å². The van der Waals surface area contributed by atoms with Crippen molar-refractivity contribution >= 4 is 51.2 Å². The molecule has 0 atom stereocenters. The van der Waals surface area contributed by atoms with Crippen molar-refractivity contribution in [3.63, 3.8) is 0 Å². The number of aryl methyl sites for hydroxylation is 3. The van der Waals surface area contributed by atoms with Gasteiger partial charge in [0.1, 0.15) is 68.4 Å². The van der Waals surface area contributed by atoms with E-state index in [1.165, 1.54) is 37.0 Å². The van der Waals surface area contributed by atoms with Crippen molar-refractivity contribution < 1.29 is 32.8 Å². The van der Waals surface area contributed by atoms with Crippen molar-refractivity contribution in [1.29, 1.82) is 0 Å². The molecular weight excluding hydrogens is 962 g/mol. The van der Waals surface area contributed by atoms with E-state index in [1.54, 1.807) is 78.9 Å². The van der Waals surface area contributed by atoms with Crippen molar-refractivity contribution in [2.75, 3.05) is 91.2 Å². The van der Waals surface area contributed by atoms with Crippen LogP contribution in [0.25, 0.3) is 0 Å². The summed E-state index contributed by atoms with van der Waals surface area (Å²) in [5.74, 6) is 3.60. The minimum atomic E-state index is -0.479. The van der Waals surface area contributed by atoms with Gasteiger partial charge in [-0.2, -0.15) is 0 Å². The highest BCUT2D eigenvalue weighted by atomic mass is 19.1. The van der Waals surface area contributed by atoms with E-state index in [9.17, 15) is 4.39 Å². The second-order valence-corrected chi connectivity index (χ2v) is 17.0. The van der Waals surface area contributed by atoms with Crippen LogP contribution in [0.1, 0.15) is 36.5 Å². The van der Waals surface area contributed by atoms with E-state index in [-0.39, 0.29) is 12.4 Å². The van der Waals surface area contributed by atoms with Gasteiger partial charge in [-0.15, -0.1) is 0 Å². The molecule has 0 heterocycles. The average Bonchev–Trinajstić information content (AvgIpc) is 3.40. The maximum Gasteiger partial charge on any atom is 0.167 e. The first-order chi connectivity index (χ1) is 36.6. The summed E-state index contributed by atoms with van der Waals surface area (Å²) in [6, 6.07) is 52.3. The highest BCUT2D eigenvalue weighted by molar-refractivity contribution is 5.50. The molecule has 402 valence electrons. The lowest BCUT2D eigenvalue weighted by atomic mass is 10.1. The highest BCUT2D eigenvalue weighted by Gasteiger charge is 2.05. The summed E-state index contributed by atoms with van der Waals surface area (Å²) >= 11 is 0. The molecule has 8 rings (SSSR count). The Bertz CT molecular complexity index is 2760. The molecule has 0 aliphatic rings. The average molecular weight is 1040 g/mol. The molecule has 16 heteroatoms. The fraction of sp³-hybridized carbons (Fsp3) is 0.200. The predicted octanol–water partition coefficient (Wildman–Crippen LogP) is 11.1. The molecule has 8 aromatic rings. The van der Waals surface area contributed by atoms with Gasteiger partial charge in [0, 0.05) is 57.3 Å². The molecule has 0 unspecified atom stereocenters. The summed E-state index contributed by atoms with van der Waals surface area (Å²) in [4.78, 5) is 0. The Labute approximate surface area is 446 Å². The summed E-state index contributed by atoms with van der Waals surface area (Å²) in [6.45, 7) is 8.62. The molecule has 0 aliphatic carbocycles. The van der Waals surface area contributed by atoms with Gasteiger partial charge in [0.2, 0.25) is 0 Å². The van der Waals surface area contributed by atoms with Crippen LogP contribution in [0.2, 0.25) is 0 Å². The maximum absolute atomic E-state index is 13.4. The first-order valence-corrected chi connectivity index (χ1v) is 24.6. The molecule has 76 heavy (non-hydrogen) atoms. The van der Waals surface area contributed by atoms with E-state index in [4.69, 9.17) is 80.0 Å². The van der Waals surface area contributed by atoms with Crippen LogP contribution < -0.4 is 80.0 Å². The molecule has 0 radical (unpaired) electrons. The molecule has 0 fully saturated rings. The number of rotatable bonds is 18. The van der Waals surface area contributed by atoms with Crippen LogP contribution >= 0.6 is 0 Å². The Balaban J connectivity index is 0.000000212. The molecule has 0 amide bonds. The Morgan fingerprint density at radius 1 is 0.316 bits per heavy atom. The second kappa shape index (κ2) is 32.7. The first-order valence-electron chi connectivity index (χ1n) is 24.6. The summed E-state index contributed by atoms with van der Waals surface area (Å²) in [6.07, 6.45) is 3.70. The normalized spacial score (nSPS) is 10.0. The number of halogens is 1. The third-order valence-electron chi connectivity index (χ3n) is 10.6. The number of benzene rings is 8. The Hall–Kier alpha value is -9.31. The third-order valence-corrected chi connectivity index (χ3v) is 10.6. The minimum absolute atomic E-state index is 0.162. The van der Waals surface area contributed by atoms with Crippen LogP contribution in [0.3, 0.4) is 0 Å². The maximum atomic E-state index is 13.4.